The number of rotatable bonds is 11. The third-order valence-corrected chi connectivity index (χ3v) is 9.47. The van der Waals surface area contributed by atoms with Crippen molar-refractivity contribution in [3.05, 3.63) is 83.4 Å². The van der Waals surface area contributed by atoms with Gasteiger partial charge in [-0.3, -0.25) is 14.6 Å². The molecule has 0 unspecified atom stereocenters. The number of nitrogens with zero attached hydrogens (tertiary/aromatic N) is 5. The number of benzene rings is 3. The Hall–Kier alpha value is -4.88. The monoisotopic (exact) mass is 657 g/mol. The van der Waals surface area contributed by atoms with Crippen molar-refractivity contribution in [3.63, 3.8) is 0 Å². The summed E-state index contributed by atoms with van der Waals surface area (Å²) in [5.74, 6) is 1.09. The lowest BCUT2D eigenvalue weighted by molar-refractivity contribution is -0.157. The number of carbonyl (C=O) groups is 3. The van der Waals surface area contributed by atoms with Gasteiger partial charge in [0.1, 0.15) is 23.7 Å². The number of methoxy groups -OCH3 is 2. The van der Waals surface area contributed by atoms with Crippen molar-refractivity contribution in [3.8, 4) is 11.5 Å². The number of nitrogens with one attached hydrogen (secondary N) is 1. The standard InChI is InChI=1S/C34H39N7O5S/c1-4-16-39(34(44)36-18-23-10-14-26(46-3)15-11-23)40-21-30(42)41-27(17-22-8-12-25(45-2)13-9-22)32(43)38(20-29(40)41)19-24-6-5-7-28-31(24)37-33(35)47-28/h5-15,27,29H,4,16-21H2,1-3H3,(H2,35,37)(H,36,44)/t27-,29+/m0/s1. The molecule has 6 rings (SSSR count). The molecule has 3 aromatic carbocycles. The number of nitrogen functional groups attached to an aromatic ring is 1. The first-order valence-corrected chi connectivity index (χ1v) is 16.4. The number of urea groups is 1. The molecule has 2 saturated heterocycles. The van der Waals surface area contributed by atoms with E-state index >= 15 is 0 Å². The Balaban J connectivity index is 1.29. The molecule has 246 valence electrons. The largest absolute Gasteiger partial charge is 0.497 e. The molecular weight excluding hydrogens is 618 g/mol. The number of aromatic nitrogens is 1. The third-order valence-electron chi connectivity index (χ3n) is 8.62. The molecule has 2 atom stereocenters. The van der Waals surface area contributed by atoms with E-state index in [-0.39, 0.29) is 30.9 Å². The van der Waals surface area contributed by atoms with Gasteiger partial charge in [-0.25, -0.2) is 9.78 Å². The maximum absolute atomic E-state index is 14.3. The van der Waals surface area contributed by atoms with Crippen molar-refractivity contribution in [2.45, 2.75) is 45.1 Å². The van der Waals surface area contributed by atoms with Crippen molar-refractivity contribution < 1.29 is 23.9 Å². The smallest absolute Gasteiger partial charge is 0.332 e. The summed E-state index contributed by atoms with van der Waals surface area (Å²) in [6.07, 6.45) is 0.459. The number of ether oxygens (including phenoxy) is 2. The number of amides is 4. The Kier molecular flexibility index (Phi) is 9.45. The van der Waals surface area contributed by atoms with Crippen LogP contribution in [0.15, 0.2) is 66.7 Å². The Morgan fingerprint density at radius 3 is 2.36 bits per heavy atom. The summed E-state index contributed by atoms with van der Waals surface area (Å²) in [6, 6.07) is 19.8. The zero-order chi connectivity index (χ0) is 33.1. The highest BCUT2D eigenvalue weighted by Crippen LogP contribution is 2.32. The van der Waals surface area contributed by atoms with Crippen LogP contribution in [-0.4, -0.2) is 88.7 Å². The number of fused-ring (bicyclic) bond motifs is 2. The summed E-state index contributed by atoms with van der Waals surface area (Å²) < 4.78 is 11.5. The minimum Gasteiger partial charge on any atom is -0.497 e. The quantitative estimate of drug-likeness (QED) is 0.249. The SMILES string of the molecule is CCCN(C(=O)NCc1ccc(OC)cc1)N1CC(=O)N2[C@@H](Cc3ccc(OC)cc3)C(=O)N(Cc3cccc4sc(N)nc34)C[C@@H]21. The van der Waals surface area contributed by atoms with E-state index in [1.807, 2.05) is 78.7 Å². The summed E-state index contributed by atoms with van der Waals surface area (Å²) in [7, 11) is 3.21. The molecule has 0 aliphatic carbocycles. The number of carbonyl (C=O) groups excluding carboxylic acids is 3. The van der Waals surface area contributed by atoms with Crippen LogP contribution in [0, 0.1) is 0 Å². The molecule has 0 radical (unpaired) electrons. The van der Waals surface area contributed by atoms with E-state index in [2.05, 4.69) is 10.3 Å². The van der Waals surface area contributed by atoms with E-state index < -0.39 is 12.2 Å². The highest BCUT2D eigenvalue weighted by Gasteiger charge is 2.52. The molecule has 13 heteroatoms. The predicted molar refractivity (Wildman–Crippen MR) is 180 cm³/mol. The van der Waals surface area contributed by atoms with E-state index in [1.54, 1.807) is 29.0 Å². The zero-order valence-electron chi connectivity index (χ0n) is 26.7. The molecule has 2 aliphatic heterocycles. The highest BCUT2D eigenvalue weighted by molar-refractivity contribution is 7.22. The van der Waals surface area contributed by atoms with E-state index in [9.17, 15) is 14.4 Å². The van der Waals surface area contributed by atoms with Crippen LogP contribution in [0.25, 0.3) is 10.2 Å². The first kappa shape index (κ1) is 32.1. The molecule has 2 aliphatic rings. The Bertz CT molecular complexity index is 1750. The van der Waals surface area contributed by atoms with Gasteiger partial charge in [-0.1, -0.05) is 54.7 Å². The van der Waals surface area contributed by atoms with Gasteiger partial charge >= 0.3 is 6.03 Å². The van der Waals surface area contributed by atoms with Crippen LogP contribution in [0.5, 0.6) is 11.5 Å². The molecule has 1 aromatic heterocycles. The average Bonchev–Trinajstić information content (AvgIpc) is 3.63. The molecule has 0 bridgehead atoms. The van der Waals surface area contributed by atoms with Gasteiger partial charge in [0, 0.05) is 26.1 Å². The van der Waals surface area contributed by atoms with E-state index in [0.717, 1.165) is 32.7 Å². The summed E-state index contributed by atoms with van der Waals surface area (Å²) >= 11 is 1.40. The average molecular weight is 658 g/mol. The molecule has 3 N–H and O–H groups in total. The van der Waals surface area contributed by atoms with E-state index in [1.165, 1.54) is 11.3 Å². The molecule has 4 amide bonds. The van der Waals surface area contributed by atoms with Gasteiger partial charge in [0.25, 0.3) is 0 Å². The first-order chi connectivity index (χ1) is 22.8. The maximum atomic E-state index is 14.3. The first-order valence-electron chi connectivity index (χ1n) is 15.6. The van der Waals surface area contributed by atoms with Gasteiger partial charge in [-0.2, -0.15) is 5.01 Å². The van der Waals surface area contributed by atoms with Crippen LogP contribution in [0.3, 0.4) is 0 Å². The number of thiazole rings is 1. The van der Waals surface area contributed by atoms with Crippen LogP contribution in [0.4, 0.5) is 9.93 Å². The van der Waals surface area contributed by atoms with Crippen molar-refractivity contribution in [2.24, 2.45) is 0 Å². The second-order valence-electron chi connectivity index (χ2n) is 11.6. The van der Waals surface area contributed by atoms with Crippen LogP contribution in [0.2, 0.25) is 0 Å². The summed E-state index contributed by atoms with van der Waals surface area (Å²) in [4.78, 5) is 49.8. The molecular formula is C34H39N7O5S. The normalized spacial score (nSPS) is 18.0. The lowest BCUT2D eigenvalue weighted by atomic mass is 9.99. The molecule has 3 heterocycles. The van der Waals surface area contributed by atoms with Crippen molar-refractivity contribution in [2.75, 3.05) is 39.6 Å². The lowest BCUT2D eigenvalue weighted by Gasteiger charge is -2.46. The number of hydrazine groups is 1. The van der Waals surface area contributed by atoms with E-state index in [4.69, 9.17) is 15.2 Å². The minimum absolute atomic E-state index is 0.0148. The van der Waals surface area contributed by atoms with Crippen molar-refractivity contribution in [1.29, 1.82) is 0 Å². The number of para-hydroxylation sites is 1. The molecule has 12 nitrogen and oxygen atoms in total. The molecule has 2 fully saturated rings. The fraction of sp³-hybridized carbons (Fsp3) is 0.353. The van der Waals surface area contributed by atoms with Gasteiger partial charge in [0.2, 0.25) is 11.8 Å². The number of hydrogen-bond donors (Lipinski definition) is 2. The summed E-state index contributed by atoms with van der Waals surface area (Å²) in [5, 5.41) is 6.91. The van der Waals surface area contributed by atoms with Crippen LogP contribution >= 0.6 is 11.3 Å². The Morgan fingerprint density at radius 2 is 1.70 bits per heavy atom. The molecule has 0 spiro atoms. The van der Waals surface area contributed by atoms with Gasteiger partial charge in [0.05, 0.1) is 37.5 Å². The molecule has 0 saturated carbocycles. The zero-order valence-corrected chi connectivity index (χ0v) is 27.5. The number of hydrogen-bond acceptors (Lipinski definition) is 9. The Labute approximate surface area is 277 Å². The van der Waals surface area contributed by atoms with E-state index in [0.29, 0.717) is 43.4 Å². The van der Waals surface area contributed by atoms with Crippen LogP contribution < -0.4 is 20.5 Å². The maximum Gasteiger partial charge on any atom is 0.332 e. The second kappa shape index (κ2) is 13.9. The minimum atomic E-state index is -0.759. The van der Waals surface area contributed by atoms with Gasteiger partial charge < -0.3 is 30.3 Å². The van der Waals surface area contributed by atoms with Gasteiger partial charge in [0.15, 0.2) is 5.13 Å². The van der Waals surface area contributed by atoms with Gasteiger partial charge in [-0.15, -0.1) is 0 Å². The number of nitrogens with two attached hydrogens (primary N) is 1. The highest BCUT2D eigenvalue weighted by atomic mass is 32.1. The molecule has 4 aromatic rings. The third kappa shape index (κ3) is 6.67. The van der Waals surface area contributed by atoms with Crippen LogP contribution in [-0.2, 0) is 29.1 Å². The fourth-order valence-corrected chi connectivity index (χ4v) is 7.08. The van der Waals surface area contributed by atoms with Crippen molar-refractivity contribution >= 4 is 44.5 Å². The number of piperazine rings is 1. The summed E-state index contributed by atoms with van der Waals surface area (Å²) in [6.45, 7) is 3.21. The summed E-state index contributed by atoms with van der Waals surface area (Å²) in [5.41, 5.74) is 9.49. The fourth-order valence-electron chi connectivity index (χ4n) is 6.30. The van der Waals surface area contributed by atoms with Crippen molar-refractivity contribution in [1.82, 2.24) is 30.1 Å². The topological polar surface area (TPSA) is 134 Å². The number of anilines is 1. The van der Waals surface area contributed by atoms with Crippen LogP contribution in [0.1, 0.15) is 30.0 Å². The predicted octanol–water partition coefficient (Wildman–Crippen LogP) is 3.86. The van der Waals surface area contributed by atoms with Gasteiger partial charge in [-0.05, 0) is 53.4 Å². The lowest BCUT2D eigenvalue weighted by Crippen LogP contribution is -2.66. The Morgan fingerprint density at radius 1 is 1.02 bits per heavy atom. The molecule has 47 heavy (non-hydrogen) atoms. The second-order valence-corrected chi connectivity index (χ2v) is 12.7.